The van der Waals surface area contributed by atoms with Gasteiger partial charge in [0.25, 0.3) is 11.5 Å². The summed E-state index contributed by atoms with van der Waals surface area (Å²) in [4.78, 5) is 29.7. The summed E-state index contributed by atoms with van der Waals surface area (Å²) in [7, 11) is -3.86. The third kappa shape index (κ3) is 6.61. The van der Waals surface area contributed by atoms with Crippen LogP contribution < -0.4 is 11.0 Å². The van der Waals surface area contributed by atoms with E-state index in [9.17, 15) is 22.4 Å². The van der Waals surface area contributed by atoms with Crippen LogP contribution in [0, 0.1) is 12.7 Å². The first-order chi connectivity index (χ1) is 13.5. The number of hydroxylamine groups is 1. The van der Waals surface area contributed by atoms with E-state index in [2.05, 4.69) is 5.48 Å². The minimum Gasteiger partial charge on any atom is -0.350 e. The maximum absolute atomic E-state index is 13.7. The monoisotopic (exact) mass is 434 g/mol. The number of aromatic nitrogens is 1. The Labute approximate surface area is 171 Å². The minimum atomic E-state index is -3.86. The van der Waals surface area contributed by atoms with Crippen molar-refractivity contribution >= 4 is 15.7 Å². The normalized spacial score (nSPS) is 18.9. The lowest BCUT2D eigenvalue weighted by atomic mass is 10.1. The SMILES string of the molecule is CC.Cc1cc(=O)n(CCC(C)(C(=O)NOC2CCCCO2)S(C)(=O)=O)cc1F. The van der Waals surface area contributed by atoms with Crippen molar-refractivity contribution in [3.05, 3.63) is 34.0 Å². The van der Waals surface area contributed by atoms with Crippen LogP contribution in [0.1, 0.15) is 52.0 Å². The second-order valence-electron chi connectivity index (χ2n) is 6.93. The Balaban J connectivity index is 0.00000204. The molecule has 0 aromatic carbocycles. The fraction of sp³-hybridized carbons (Fsp3) is 0.684. The lowest BCUT2D eigenvalue weighted by Crippen LogP contribution is -2.51. The predicted octanol–water partition coefficient (Wildman–Crippen LogP) is 2.09. The van der Waals surface area contributed by atoms with Crippen LogP contribution >= 0.6 is 0 Å². The van der Waals surface area contributed by atoms with E-state index in [1.807, 2.05) is 13.8 Å². The van der Waals surface area contributed by atoms with Gasteiger partial charge in [0.15, 0.2) is 20.9 Å². The standard InChI is InChI=1S/C17H25FN2O6S.C2H6/c1-12-10-14(21)20(11-13(12)18)8-7-17(2,27(3,23)24)16(22)19-26-15-6-4-5-9-25-15;1-2/h10-11,15H,4-9H2,1-3H3,(H,19,22);1-2H3. The molecule has 0 bridgehead atoms. The first-order valence-corrected chi connectivity index (χ1v) is 11.6. The van der Waals surface area contributed by atoms with Gasteiger partial charge in [0, 0.05) is 38.1 Å². The number of sulfone groups is 1. The van der Waals surface area contributed by atoms with Gasteiger partial charge in [0.2, 0.25) is 0 Å². The van der Waals surface area contributed by atoms with Crippen molar-refractivity contribution in [2.24, 2.45) is 0 Å². The molecule has 1 aliphatic heterocycles. The van der Waals surface area contributed by atoms with Crippen LogP contribution in [0.2, 0.25) is 0 Å². The number of halogens is 1. The number of amides is 1. The van der Waals surface area contributed by atoms with Crippen LogP contribution in [-0.4, -0.2) is 42.8 Å². The van der Waals surface area contributed by atoms with Crippen LogP contribution in [0.4, 0.5) is 4.39 Å². The summed E-state index contributed by atoms with van der Waals surface area (Å²) in [5, 5.41) is 0. The van der Waals surface area contributed by atoms with Gasteiger partial charge in [-0.25, -0.2) is 23.1 Å². The smallest absolute Gasteiger partial charge is 0.264 e. The molecule has 0 radical (unpaired) electrons. The first-order valence-electron chi connectivity index (χ1n) is 9.68. The number of hydrogen-bond acceptors (Lipinski definition) is 6. The Morgan fingerprint density at radius 1 is 1.41 bits per heavy atom. The van der Waals surface area contributed by atoms with Crippen LogP contribution in [0.25, 0.3) is 0 Å². The summed E-state index contributed by atoms with van der Waals surface area (Å²) in [6.45, 7) is 7.07. The van der Waals surface area contributed by atoms with Crippen LogP contribution in [0.15, 0.2) is 17.1 Å². The molecule has 0 spiro atoms. The summed E-state index contributed by atoms with van der Waals surface area (Å²) in [6.07, 6.45) is 3.46. The highest BCUT2D eigenvalue weighted by Gasteiger charge is 2.44. The van der Waals surface area contributed by atoms with Gasteiger partial charge >= 0.3 is 0 Å². The van der Waals surface area contributed by atoms with Crippen molar-refractivity contribution in [3.8, 4) is 0 Å². The molecule has 0 saturated carbocycles. The number of nitrogens with one attached hydrogen (secondary N) is 1. The molecule has 2 unspecified atom stereocenters. The third-order valence-corrected chi connectivity index (χ3v) is 6.84. The highest BCUT2D eigenvalue weighted by molar-refractivity contribution is 7.92. The van der Waals surface area contributed by atoms with Crippen molar-refractivity contribution in [3.63, 3.8) is 0 Å². The molecule has 0 aliphatic carbocycles. The molecular formula is C19H31FN2O6S. The van der Waals surface area contributed by atoms with Gasteiger partial charge in [-0.15, -0.1) is 0 Å². The van der Waals surface area contributed by atoms with E-state index >= 15 is 0 Å². The molecule has 1 aliphatic rings. The molecule has 1 aromatic heterocycles. The molecule has 1 fully saturated rings. The third-order valence-electron chi connectivity index (χ3n) is 4.82. The Morgan fingerprint density at radius 2 is 2.07 bits per heavy atom. The molecule has 1 N–H and O–H groups in total. The zero-order chi connectivity index (χ0) is 22.2. The summed E-state index contributed by atoms with van der Waals surface area (Å²) in [6, 6.07) is 1.12. The summed E-state index contributed by atoms with van der Waals surface area (Å²) < 4.78 is 42.7. The van der Waals surface area contributed by atoms with E-state index in [0.29, 0.717) is 13.0 Å². The second-order valence-corrected chi connectivity index (χ2v) is 9.38. The number of carbonyl (C=O) groups is 1. The van der Waals surface area contributed by atoms with E-state index in [1.165, 1.54) is 13.8 Å². The van der Waals surface area contributed by atoms with Gasteiger partial charge < -0.3 is 9.30 Å². The molecule has 1 saturated heterocycles. The molecule has 2 heterocycles. The lowest BCUT2D eigenvalue weighted by molar-refractivity contribution is -0.201. The van der Waals surface area contributed by atoms with Crippen molar-refractivity contribution in [2.45, 2.75) is 71.0 Å². The van der Waals surface area contributed by atoms with Gasteiger partial charge in [-0.3, -0.25) is 9.59 Å². The largest absolute Gasteiger partial charge is 0.350 e. The second kappa shape index (κ2) is 10.8. The van der Waals surface area contributed by atoms with Crippen molar-refractivity contribution < 1.29 is 27.2 Å². The van der Waals surface area contributed by atoms with E-state index < -0.39 is 38.2 Å². The van der Waals surface area contributed by atoms with Crippen LogP contribution in [0.3, 0.4) is 0 Å². The predicted molar refractivity (Wildman–Crippen MR) is 107 cm³/mol. The minimum absolute atomic E-state index is 0.146. The summed E-state index contributed by atoms with van der Waals surface area (Å²) in [5.41, 5.74) is 1.89. The molecular weight excluding hydrogens is 403 g/mol. The molecule has 166 valence electrons. The number of ether oxygens (including phenoxy) is 1. The van der Waals surface area contributed by atoms with Gasteiger partial charge in [-0.2, -0.15) is 0 Å². The van der Waals surface area contributed by atoms with E-state index in [1.54, 1.807) is 0 Å². The van der Waals surface area contributed by atoms with E-state index in [-0.39, 0.29) is 18.5 Å². The number of rotatable bonds is 7. The topological polar surface area (TPSA) is 104 Å². The highest BCUT2D eigenvalue weighted by atomic mass is 32.2. The van der Waals surface area contributed by atoms with Gasteiger partial charge in [0.1, 0.15) is 5.82 Å². The molecule has 2 atom stereocenters. The zero-order valence-electron chi connectivity index (χ0n) is 17.7. The molecule has 2 rings (SSSR count). The number of pyridine rings is 1. The number of aryl methyl sites for hydroxylation is 2. The van der Waals surface area contributed by atoms with E-state index in [4.69, 9.17) is 9.57 Å². The van der Waals surface area contributed by atoms with Gasteiger partial charge in [-0.1, -0.05) is 13.8 Å². The Kier molecular flexibility index (Phi) is 9.44. The Morgan fingerprint density at radius 3 is 2.62 bits per heavy atom. The summed E-state index contributed by atoms with van der Waals surface area (Å²) >= 11 is 0. The Hall–Kier alpha value is -1.78. The van der Waals surface area contributed by atoms with Crippen molar-refractivity contribution in [1.82, 2.24) is 10.0 Å². The zero-order valence-corrected chi connectivity index (χ0v) is 18.5. The van der Waals surface area contributed by atoms with Gasteiger partial charge in [-0.05, 0) is 38.7 Å². The van der Waals surface area contributed by atoms with Crippen molar-refractivity contribution in [2.75, 3.05) is 12.9 Å². The fourth-order valence-electron chi connectivity index (χ4n) is 2.65. The molecule has 29 heavy (non-hydrogen) atoms. The van der Waals surface area contributed by atoms with E-state index in [0.717, 1.165) is 35.9 Å². The fourth-order valence-corrected chi connectivity index (χ4v) is 3.49. The Bertz CT molecular complexity index is 849. The average molecular weight is 435 g/mol. The van der Waals surface area contributed by atoms with Crippen LogP contribution in [0.5, 0.6) is 0 Å². The molecule has 8 nitrogen and oxygen atoms in total. The number of carbonyl (C=O) groups excluding carboxylic acids is 1. The number of nitrogens with zero attached hydrogens (tertiary/aromatic N) is 1. The molecule has 1 aromatic rings. The first kappa shape index (κ1) is 25.3. The quantitative estimate of drug-likeness (QED) is 0.659. The highest BCUT2D eigenvalue weighted by Crippen LogP contribution is 2.23. The maximum atomic E-state index is 13.7. The summed E-state index contributed by atoms with van der Waals surface area (Å²) in [5.74, 6) is -1.45. The van der Waals surface area contributed by atoms with Gasteiger partial charge in [0.05, 0.1) is 0 Å². The average Bonchev–Trinajstić information content (AvgIpc) is 2.69. The maximum Gasteiger partial charge on any atom is 0.264 e. The lowest BCUT2D eigenvalue weighted by Gasteiger charge is -2.28. The van der Waals surface area contributed by atoms with Crippen molar-refractivity contribution in [1.29, 1.82) is 0 Å². The number of hydrogen-bond donors (Lipinski definition) is 1. The molecule has 10 heteroatoms. The van der Waals surface area contributed by atoms with Crippen LogP contribution in [-0.2, 0) is 30.8 Å². The molecule has 1 amide bonds.